The fraction of sp³-hybridized carbons (Fsp3) is 0.957. The molecule has 5 atom stereocenters. The molecule has 0 bridgehead atoms. The third kappa shape index (κ3) is 11.8. The van der Waals surface area contributed by atoms with E-state index in [1.807, 2.05) is 13.8 Å². The van der Waals surface area contributed by atoms with Crippen molar-refractivity contribution in [3.8, 4) is 0 Å². The topological polar surface area (TPSA) is 96.8 Å². The largest absolute Gasteiger partial charge is 0 e. The summed E-state index contributed by atoms with van der Waals surface area (Å²) in [5.74, 6) is -0.282. The molecule has 0 aromatic carbocycles. The van der Waals surface area contributed by atoms with Crippen LogP contribution >= 0.6 is 20.2 Å². The number of carbonyl (C=O) groups is 1. The van der Waals surface area contributed by atoms with Crippen LogP contribution in [0.2, 0.25) is 0 Å². The summed E-state index contributed by atoms with van der Waals surface area (Å²) >= 11 is 0.00694. The fourth-order valence-electron chi connectivity index (χ4n) is 4.71. The van der Waals surface area contributed by atoms with Crippen LogP contribution in [-0.2, 0) is 22.7 Å². The van der Waals surface area contributed by atoms with Gasteiger partial charge >= 0.3 is 39.3 Å². The summed E-state index contributed by atoms with van der Waals surface area (Å²) in [5, 5.41) is 24.7. The molecule has 2 saturated carbocycles. The fourth-order valence-corrected chi connectivity index (χ4v) is 4.71. The number of carbonyl (C=O) groups excluding carboxylic acids is 1. The van der Waals surface area contributed by atoms with Crippen LogP contribution in [0.15, 0.2) is 0 Å². The minimum atomic E-state index is -0.164. The summed E-state index contributed by atoms with van der Waals surface area (Å²) in [4.78, 5) is 11.9. The number of halogens is 2. The molecule has 1 heterocycles. The normalized spacial score (nSPS) is 32.2. The summed E-state index contributed by atoms with van der Waals surface area (Å²) in [6.45, 7) is 7.66. The first-order valence-corrected chi connectivity index (χ1v) is 15.7. The van der Waals surface area contributed by atoms with E-state index in [-0.39, 0.29) is 41.4 Å². The van der Waals surface area contributed by atoms with Crippen molar-refractivity contribution < 1.29 is 26.9 Å². The molecule has 1 aliphatic heterocycles. The number of ether oxygens (including phenoxy) is 1. The average molecular weight is 550 g/mol. The van der Waals surface area contributed by atoms with Crippen molar-refractivity contribution >= 4 is 26.2 Å². The molecule has 2 unspecified atom stereocenters. The van der Waals surface area contributed by atoms with E-state index in [0.717, 1.165) is 45.3 Å². The van der Waals surface area contributed by atoms with Crippen LogP contribution in [0, 0.1) is 5.92 Å². The molecule has 3 fully saturated rings. The Labute approximate surface area is 220 Å². The van der Waals surface area contributed by atoms with E-state index in [0.29, 0.717) is 37.8 Å². The molecule has 2 aliphatic carbocycles. The summed E-state index contributed by atoms with van der Waals surface area (Å²) in [7, 11) is 9.59. The molecule has 0 spiro atoms. The molecule has 0 N–H and O–H groups in total. The van der Waals surface area contributed by atoms with E-state index in [2.05, 4.69) is 0 Å². The number of esters is 1. The second-order valence-electron chi connectivity index (χ2n) is 9.32. The minimum absolute atomic E-state index is 0. The molecule has 1 saturated heterocycles. The zero-order chi connectivity index (χ0) is 23.9. The van der Waals surface area contributed by atoms with Gasteiger partial charge in [0.15, 0.2) is 0 Å². The van der Waals surface area contributed by atoms with Crippen molar-refractivity contribution in [2.75, 3.05) is 39.3 Å². The van der Waals surface area contributed by atoms with Crippen molar-refractivity contribution in [3.05, 3.63) is 26.6 Å². The van der Waals surface area contributed by atoms with Crippen molar-refractivity contribution in [3.63, 3.8) is 0 Å². The Kier molecular flexibility index (Phi) is 15.9. The van der Waals surface area contributed by atoms with Gasteiger partial charge in [-0.05, 0) is 0 Å². The van der Waals surface area contributed by atoms with Crippen LogP contribution in [0.1, 0.15) is 69.5 Å². The van der Waals surface area contributed by atoms with Gasteiger partial charge in [-0.1, -0.05) is 65.2 Å². The smallest absolute Gasteiger partial charge is 0 e. The van der Waals surface area contributed by atoms with E-state index in [1.165, 1.54) is 25.7 Å². The first-order chi connectivity index (χ1) is 16.0. The summed E-state index contributed by atoms with van der Waals surface area (Å²) in [5.41, 5.74) is 0. The van der Waals surface area contributed by atoms with Gasteiger partial charge in [0.05, 0.1) is 12.5 Å². The first kappa shape index (κ1) is 29.6. The maximum Gasteiger partial charge on any atom is 0 e. The molecule has 33 heavy (non-hydrogen) atoms. The zero-order valence-corrected chi connectivity index (χ0v) is 22.7. The quantitative estimate of drug-likeness (QED) is 0.275. The number of hydrogen-bond acceptors (Lipinski definition) is 2. The van der Waals surface area contributed by atoms with Gasteiger partial charge in [-0.3, -0.25) is 4.79 Å². The summed E-state index contributed by atoms with van der Waals surface area (Å²) in [6.07, 6.45) is 9.48. The van der Waals surface area contributed by atoms with Crippen LogP contribution in [-0.4, -0.2) is 75.5 Å². The van der Waals surface area contributed by atoms with Crippen molar-refractivity contribution in [2.24, 2.45) is 5.92 Å². The molecule has 201 valence electrons. The van der Waals surface area contributed by atoms with Gasteiger partial charge < -0.3 is 31.3 Å². The molecule has 7 nitrogen and oxygen atoms in total. The molecule has 0 radical (unpaired) electrons. The molecule has 0 amide bonds. The maximum atomic E-state index is 11.9. The molecule has 3 rings (SSSR count). The van der Waals surface area contributed by atoms with Gasteiger partial charge in [0.2, 0.25) is 0 Å². The van der Waals surface area contributed by atoms with Crippen LogP contribution in [0.3, 0.4) is 0 Å². The molecule has 10 heteroatoms. The van der Waals surface area contributed by atoms with Crippen LogP contribution < -0.4 is 0 Å². The average Bonchev–Trinajstić information content (AvgIpc) is 2.82. The molecular formula is C23H46Cl2MnN5O2-5. The molecule has 3 aliphatic rings. The number of rotatable bonds is 3. The van der Waals surface area contributed by atoms with Gasteiger partial charge in [0, 0.05) is 4.28 Å². The third-order valence-electron chi connectivity index (χ3n) is 6.51. The molecule has 0 aromatic rings. The Morgan fingerprint density at radius 2 is 1.21 bits per heavy atom. The van der Waals surface area contributed by atoms with E-state index >= 15 is 0 Å². The van der Waals surface area contributed by atoms with Crippen molar-refractivity contribution in [1.29, 1.82) is 0 Å². The van der Waals surface area contributed by atoms with E-state index in [9.17, 15) is 4.79 Å². The number of nitrogens with zero attached hydrogens (tertiary/aromatic N) is 5. The first-order valence-electron chi connectivity index (χ1n) is 12.4. The van der Waals surface area contributed by atoms with Crippen LogP contribution in [0.4, 0.5) is 0 Å². The number of fused-ring (bicyclic) bond motifs is 2. The van der Waals surface area contributed by atoms with Gasteiger partial charge in [0.25, 0.3) is 0 Å². The van der Waals surface area contributed by atoms with Gasteiger partial charge in [-0.15, -0.1) is 6.04 Å². The zero-order valence-electron chi connectivity index (χ0n) is 20.1. The Morgan fingerprint density at radius 1 is 0.818 bits per heavy atom. The van der Waals surface area contributed by atoms with Gasteiger partial charge in [-0.2, -0.15) is 56.9 Å². The summed E-state index contributed by atoms with van der Waals surface area (Å²) in [6, 6.07) is 1.19. The third-order valence-corrected chi connectivity index (χ3v) is 6.51. The Bertz CT molecular complexity index is 550. The SMILES string of the molecule is CC(C)C(=O)OC[C@@H]1C[N-][C@@H]2CCCC[C@H]2[N-]CC[N-]C2CCCCC2[N-]CC[N-]1.[Cl][Mn][Cl].[HH].[HH].[HH]. The summed E-state index contributed by atoms with van der Waals surface area (Å²) < 4.78 is 5.49. The standard InChI is InChI=1S/C23H40N5O2.2ClH.Mn.3H2/c1-17(2)23(29)30-16-18-15-28-22-10-6-5-9-21(22)27-14-13-26-20-8-4-3-7-19(20)25-12-11-24-18;;;;;;/h17-22H,3-16H2,1-2H3;2*1H;;3*1H/q-5;;;+2;;;/p-2/t18-,19?,20?,21+,22+;;;;;;/m0....../s1. The number of hydrogen-bond donors (Lipinski definition) is 0. The minimum Gasteiger partial charge on any atom is 0 e. The maximum absolute atomic E-state index is 11.9. The van der Waals surface area contributed by atoms with Gasteiger partial charge in [-0.25, -0.2) is 0 Å². The second-order valence-corrected chi connectivity index (χ2v) is 11.3. The van der Waals surface area contributed by atoms with Crippen LogP contribution in [0.5, 0.6) is 0 Å². The Balaban J connectivity index is 0. The predicted octanol–water partition coefficient (Wildman–Crippen LogP) is 7.17. The van der Waals surface area contributed by atoms with Gasteiger partial charge in [0.1, 0.15) is 0 Å². The predicted molar refractivity (Wildman–Crippen MR) is 141 cm³/mol. The second kappa shape index (κ2) is 17.7. The van der Waals surface area contributed by atoms with E-state index in [1.54, 1.807) is 0 Å². The molecule has 0 aromatic heterocycles. The van der Waals surface area contributed by atoms with Crippen molar-refractivity contribution in [2.45, 2.75) is 95.4 Å². The monoisotopic (exact) mass is 549 g/mol. The van der Waals surface area contributed by atoms with Crippen molar-refractivity contribution in [1.82, 2.24) is 0 Å². The Morgan fingerprint density at radius 3 is 1.64 bits per heavy atom. The van der Waals surface area contributed by atoms with E-state index in [4.69, 9.17) is 51.5 Å². The Hall–Kier alpha value is 0.369. The van der Waals surface area contributed by atoms with E-state index < -0.39 is 0 Å². The molecular weight excluding hydrogens is 504 g/mol. The van der Waals surface area contributed by atoms with Crippen LogP contribution in [0.25, 0.3) is 26.6 Å².